The number of aryl methyl sites for hydroxylation is 1. The van der Waals surface area contributed by atoms with Crippen LogP contribution in [0.2, 0.25) is 5.02 Å². The molecule has 1 aliphatic carbocycles. The van der Waals surface area contributed by atoms with Crippen molar-refractivity contribution in [2.75, 3.05) is 12.4 Å². The van der Waals surface area contributed by atoms with Crippen molar-refractivity contribution in [3.63, 3.8) is 0 Å². The Bertz CT molecular complexity index is 1310. The zero-order valence-electron chi connectivity index (χ0n) is 17.8. The average Bonchev–Trinajstić information content (AvgIpc) is 3.19. The Morgan fingerprint density at radius 1 is 1.15 bits per heavy atom. The molecule has 2 aromatic carbocycles. The molecule has 33 heavy (non-hydrogen) atoms. The maximum absolute atomic E-state index is 14.7. The Morgan fingerprint density at radius 2 is 1.91 bits per heavy atom. The monoisotopic (exact) mass is 469 g/mol. The summed E-state index contributed by atoms with van der Waals surface area (Å²) in [7, 11) is 1.51. The molecule has 0 spiro atoms. The SMILES string of the molecule is CN=C(/N=C1\CC=CC=C1c1ccc(F)cc1Cl)Nc1cc(F)c(-n2cnc(C)c2)c(F)c1. The summed E-state index contributed by atoms with van der Waals surface area (Å²) in [5.41, 5.74) is 2.50. The molecule has 0 atom stereocenters. The van der Waals surface area contributed by atoms with Crippen molar-refractivity contribution in [2.45, 2.75) is 13.3 Å². The molecule has 1 aromatic heterocycles. The molecule has 0 radical (unpaired) electrons. The molecule has 0 aliphatic heterocycles. The number of imidazole rings is 1. The van der Waals surface area contributed by atoms with E-state index in [0.717, 1.165) is 12.1 Å². The Kier molecular flexibility index (Phi) is 6.46. The van der Waals surface area contributed by atoms with Gasteiger partial charge in [0.15, 0.2) is 11.6 Å². The van der Waals surface area contributed by atoms with Gasteiger partial charge >= 0.3 is 0 Å². The van der Waals surface area contributed by atoms with Gasteiger partial charge in [0.2, 0.25) is 5.96 Å². The molecule has 9 heteroatoms. The standard InChI is InChI=1S/C24H19ClF3N5/c1-14-12-33(13-30-14)23-20(27)10-16(11-21(23)28)31-24(29-2)32-22-6-4-3-5-18(22)17-8-7-15(26)9-19(17)25/h3-5,7-13H,6H2,1-2H3,(H,29,31)/b32-22+. The normalized spacial score (nSPS) is 15.2. The van der Waals surface area contributed by atoms with Crippen molar-refractivity contribution in [3.05, 3.63) is 94.8 Å². The van der Waals surface area contributed by atoms with Gasteiger partial charge in [-0.25, -0.2) is 23.1 Å². The number of rotatable bonds is 3. The quantitative estimate of drug-likeness (QED) is 0.370. The lowest BCUT2D eigenvalue weighted by Gasteiger charge is -2.16. The highest BCUT2D eigenvalue weighted by Crippen LogP contribution is 2.29. The van der Waals surface area contributed by atoms with E-state index in [0.29, 0.717) is 29.0 Å². The molecular weight excluding hydrogens is 451 g/mol. The summed E-state index contributed by atoms with van der Waals surface area (Å²) >= 11 is 6.23. The van der Waals surface area contributed by atoms with Crippen molar-refractivity contribution in [1.82, 2.24) is 9.55 Å². The predicted octanol–water partition coefficient (Wildman–Crippen LogP) is 6.13. The van der Waals surface area contributed by atoms with Crippen LogP contribution in [0.3, 0.4) is 0 Å². The van der Waals surface area contributed by atoms with Crippen LogP contribution in [-0.4, -0.2) is 28.3 Å². The summed E-state index contributed by atoms with van der Waals surface area (Å²) in [5.74, 6) is -1.82. The van der Waals surface area contributed by atoms with E-state index in [1.807, 2.05) is 18.2 Å². The molecule has 0 amide bonds. The van der Waals surface area contributed by atoms with Gasteiger partial charge in [-0.05, 0) is 37.3 Å². The van der Waals surface area contributed by atoms with Crippen LogP contribution in [0.4, 0.5) is 18.9 Å². The Hall–Kier alpha value is -3.65. The molecule has 4 rings (SSSR count). The maximum Gasteiger partial charge on any atom is 0.222 e. The van der Waals surface area contributed by atoms with Gasteiger partial charge in [0, 0.05) is 36.5 Å². The number of aliphatic imine (C=N–C) groups is 2. The number of hydrogen-bond donors (Lipinski definition) is 1. The number of allylic oxidation sites excluding steroid dienone is 4. The predicted molar refractivity (Wildman–Crippen MR) is 126 cm³/mol. The molecule has 0 unspecified atom stereocenters. The molecule has 5 nitrogen and oxygen atoms in total. The van der Waals surface area contributed by atoms with Crippen LogP contribution >= 0.6 is 11.6 Å². The van der Waals surface area contributed by atoms with Gasteiger partial charge in [-0.3, -0.25) is 4.99 Å². The first kappa shape index (κ1) is 22.5. The van der Waals surface area contributed by atoms with Gasteiger partial charge in [-0.15, -0.1) is 0 Å². The van der Waals surface area contributed by atoms with Gasteiger partial charge in [-0.2, -0.15) is 0 Å². The van der Waals surface area contributed by atoms with Gasteiger partial charge in [0.1, 0.15) is 11.5 Å². The second kappa shape index (κ2) is 9.46. The zero-order chi connectivity index (χ0) is 23.5. The number of nitrogens with zero attached hydrogens (tertiary/aromatic N) is 4. The largest absolute Gasteiger partial charge is 0.324 e. The smallest absolute Gasteiger partial charge is 0.222 e. The van der Waals surface area contributed by atoms with E-state index in [4.69, 9.17) is 11.6 Å². The summed E-state index contributed by atoms with van der Waals surface area (Å²) in [6.07, 6.45) is 8.92. The van der Waals surface area contributed by atoms with Crippen LogP contribution < -0.4 is 5.32 Å². The maximum atomic E-state index is 14.7. The summed E-state index contributed by atoms with van der Waals surface area (Å²) in [4.78, 5) is 12.6. The fraction of sp³-hybridized carbons (Fsp3) is 0.125. The minimum atomic E-state index is -0.766. The van der Waals surface area contributed by atoms with Gasteiger partial charge in [-0.1, -0.05) is 29.8 Å². The van der Waals surface area contributed by atoms with Gasteiger partial charge in [0.25, 0.3) is 0 Å². The number of hydrogen-bond acceptors (Lipinski definition) is 2. The molecule has 1 heterocycles. The number of aromatic nitrogens is 2. The van der Waals surface area contributed by atoms with E-state index < -0.39 is 17.5 Å². The van der Waals surface area contributed by atoms with Crippen molar-refractivity contribution < 1.29 is 13.2 Å². The highest BCUT2D eigenvalue weighted by Gasteiger charge is 2.17. The fourth-order valence-corrected chi connectivity index (χ4v) is 3.70. The Morgan fingerprint density at radius 3 is 2.55 bits per heavy atom. The molecule has 168 valence electrons. The molecule has 0 saturated heterocycles. The first-order valence-corrected chi connectivity index (χ1v) is 10.4. The van der Waals surface area contributed by atoms with Crippen LogP contribution in [0.15, 0.2) is 71.1 Å². The van der Waals surface area contributed by atoms with Crippen LogP contribution in [0.1, 0.15) is 17.7 Å². The Labute approximate surface area is 193 Å². The first-order chi connectivity index (χ1) is 15.9. The van der Waals surface area contributed by atoms with Crippen LogP contribution in [0.5, 0.6) is 0 Å². The van der Waals surface area contributed by atoms with Gasteiger partial charge in [0.05, 0.1) is 22.8 Å². The molecule has 1 aliphatic rings. The molecule has 0 fully saturated rings. The Balaban J connectivity index is 1.63. The van der Waals surface area contributed by atoms with Crippen LogP contribution in [0, 0.1) is 24.4 Å². The lowest BCUT2D eigenvalue weighted by molar-refractivity contribution is 0.570. The van der Waals surface area contributed by atoms with E-state index in [1.165, 1.54) is 36.3 Å². The number of benzene rings is 2. The third kappa shape index (κ3) is 4.90. The minimum Gasteiger partial charge on any atom is -0.324 e. The highest BCUT2D eigenvalue weighted by molar-refractivity contribution is 6.36. The number of halogens is 4. The zero-order valence-corrected chi connectivity index (χ0v) is 18.5. The molecular formula is C24H19ClF3N5. The van der Waals surface area contributed by atoms with Crippen molar-refractivity contribution in [1.29, 1.82) is 0 Å². The summed E-state index contributed by atoms with van der Waals surface area (Å²) in [6.45, 7) is 1.73. The van der Waals surface area contributed by atoms with Crippen LogP contribution in [0.25, 0.3) is 11.3 Å². The highest BCUT2D eigenvalue weighted by atomic mass is 35.5. The molecule has 3 aromatic rings. The van der Waals surface area contributed by atoms with Gasteiger partial charge < -0.3 is 9.88 Å². The van der Waals surface area contributed by atoms with Crippen molar-refractivity contribution in [3.8, 4) is 5.69 Å². The number of anilines is 1. The summed E-state index contributed by atoms with van der Waals surface area (Å²) in [5, 5.41) is 3.10. The van der Waals surface area contributed by atoms with E-state index >= 15 is 0 Å². The average molecular weight is 470 g/mol. The van der Waals surface area contributed by atoms with Crippen molar-refractivity contribution >= 4 is 34.5 Å². The third-order valence-corrected chi connectivity index (χ3v) is 5.25. The first-order valence-electron chi connectivity index (χ1n) is 9.99. The van der Waals surface area contributed by atoms with E-state index in [2.05, 4.69) is 20.3 Å². The van der Waals surface area contributed by atoms with Crippen molar-refractivity contribution in [2.24, 2.45) is 9.98 Å². The van der Waals surface area contributed by atoms with Crippen LogP contribution in [-0.2, 0) is 0 Å². The van der Waals surface area contributed by atoms with E-state index in [9.17, 15) is 13.2 Å². The summed E-state index contributed by atoms with van der Waals surface area (Å²) in [6, 6.07) is 6.45. The second-order valence-electron chi connectivity index (χ2n) is 7.28. The third-order valence-electron chi connectivity index (χ3n) is 4.94. The van der Waals surface area contributed by atoms with E-state index in [1.54, 1.807) is 13.0 Å². The molecule has 0 bridgehead atoms. The number of guanidine groups is 1. The number of nitrogens with one attached hydrogen (secondary N) is 1. The molecule has 1 N–H and O–H groups in total. The van der Waals surface area contributed by atoms with E-state index in [-0.39, 0.29) is 22.4 Å². The second-order valence-corrected chi connectivity index (χ2v) is 7.69. The lowest BCUT2D eigenvalue weighted by Crippen LogP contribution is -2.15. The molecule has 0 saturated carbocycles. The lowest BCUT2D eigenvalue weighted by atomic mass is 9.95. The topological polar surface area (TPSA) is 54.6 Å². The minimum absolute atomic E-state index is 0.146. The summed E-state index contributed by atoms with van der Waals surface area (Å²) < 4.78 is 44.2. The fourth-order valence-electron chi connectivity index (χ4n) is 3.43.